The lowest BCUT2D eigenvalue weighted by molar-refractivity contribution is -0.137. The fourth-order valence-electron chi connectivity index (χ4n) is 2.42. The zero-order chi connectivity index (χ0) is 14.3. The first kappa shape index (κ1) is 13.0. The third-order valence-corrected chi connectivity index (χ3v) is 3.72. The number of carboxylic acids is 1. The Balaban J connectivity index is 2.20. The SMILES string of the molecule is NC(CCC(=O)O)c1c2ccoc2c(Cl)c2ccoc12. The van der Waals surface area contributed by atoms with Crippen LogP contribution >= 0.6 is 11.6 Å². The molecule has 0 saturated carbocycles. The third kappa shape index (κ3) is 1.95. The molecule has 0 fully saturated rings. The van der Waals surface area contributed by atoms with E-state index in [1.807, 2.05) is 0 Å². The summed E-state index contributed by atoms with van der Waals surface area (Å²) in [7, 11) is 0. The zero-order valence-electron chi connectivity index (χ0n) is 10.4. The smallest absolute Gasteiger partial charge is 0.303 e. The summed E-state index contributed by atoms with van der Waals surface area (Å²) in [5.41, 5.74) is 8.00. The van der Waals surface area contributed by atoms with Crippen LogP contribution in [0.15, 0.2) is 33.5 Å². The van der Waals surface area contributed by atoms with E-state index in [4.69, 9.17) is 31.3 Å². The first-order valence-electron chi connectivity index (χ1n) is 6.12. The van der Waals surface area contributed by atoms with E-state index in [1.165, 1.54) is 12.5 Å². The molecule has 1 aromatic carbocycles. The minimum absolute atomic E-state index is 0.00859. The van der Waals surface area contributed by atoms with E-state index in [9.17, 15) is 4.79 Å². The topological polar surface area (TPSA) is 89.6 Å². The molecule has 0 aliphatic carbocycles. The fraction of sp³-hybridized carbons (Fsp3) is 0.214. The number of hydrogen-bond acceptors (Lipinski definition) is 4. The number of carbonyl (C=O) groups is 1. The van der Waals surface area contributed by atoms with Crippen molar-refractivity contribution in [1.29, 1.82) is 0 Å². The Morgan fingerprint density at radius 3 is 2.60 bits per heavy atom. The summed E-state index contributed by atoms with van der Waals surface area (Å²) < 4.78 is 10.9. The summed E-state index contributed by atoms with van der Waals surface area (Å²) in [6.07, 6.45) is 3.37. The van der Waals surface area contributed by atoms with Crippen molar-refractivity contribution in [1.82, 2.24) is 0 Å². The number of furan rings is 2. The van der Waals surface area contributed by atoms with Gasteiger partial charge in [0.2, 0.25) is 0 Å². The molecule has 0 spiro atoms. The number of halogens is 1. The van der Waals surface area contributed by atoms with E-state index in [1.54, 1.807) is 12.1 Å². The van der Waals surface area contributed by atoms with Gasteiger partial charge in [-0.3, -0.25) is 4.79 Å². The van der Waals surface area contributed by atoms with Crippen LogP contribution in [0.5, 0.6) is 0 Å². The van der Waals surface area contributed by atoms with Crippen molar-refractivity contribution in [2.75, 3.05) is 0 Å². The summed E-state index contributed by atoms with van der Waals surface area (Å²) in [4.78, 5) is 10.7. The molecule has 3 rings (SSSR count). The monoisotopic (exact) mass is 293 g/mol. The van der Waals surface area contributed by atoms with Crippen molar-refractivity contribution in [2.24, 2.45) is 5.73 Å². The largest absolute Gasteiger partial charge is 0.481 e. The van der Waals surface area contributed by atoms with Gasteiger partial charge in [-0.25, -0.2) is 0 Å². The van der Waals surface area contributed by atoms with Crippen LogP contribution in [0.25, 0.3) is 21.9 Å². The highest BCUT2D eigenvalue weighted by atomic mass is 35.5. The number of nitrogens with two attached hydrogens (primary N) is 1. The predicted molar refractivity (Wildman–Crippen MR) is 74.8 cm³/mol. The van der Waals surface area contributed by atoms with Crippen molar-refractivity contribution in [2.45, 2.75) is 18.9 Å². The van der Waals surface area contributed by atoms with Crippen molar-refractivity contribution in [3.05, 3.63) is 35.2 Å². The lowest BCUT2D eigenvalue weighted by Gasteiger charge is -2.13. The van der Waals surface area contributed by atoms with Gasteiger partial charge in [0.25, 0.3) is 0 Å². The van der Waals surface area contributed by atoms with E-state index in [0.717, 1.165) is 16.3 Å². The maximum absolute atomic E-state index is 10.7. The predicted octanol–water partition coefficient (Wildman–Crippen LogP) is 3.70. The Morgan fingerprint density at radius 2 is 1.90 bits per heavy atom. The van der Waals surface area contributed by atoms with Gasteiger partial charge in [0.05, 0.1) is 17.5 Å². The van der Waals surface area contributed by atoms with Crippen LogP contribution in [0.1, 0.15) is 24.4 Å². The Labute approximate surface area is 118 Å². The van der Waals surface area contributed by atoms with Gasteiger partial charge in [0.1, 0.15) is 5.58 Å². The molecule has 1 unspecified atom stereocenters. The maximum Gasteiger partial charge on any atom is 0.303 e. The summed E-state index contributed by atoms with van der Waals surface area (Å²) in [6, 6.07) is 3.05. The summed E-state index contributed by atoms with van der Waals surface area (Å²) in [5, 5.41) is 10.7. The van der Waals surface area contributed by atoms with Gasteiger partial charge in [-0.05, 0) is 18.6 Å². The molecule has 5 nitrogen and oxygen atoms in total. The number of aliphatic carboxylic acids is 1. The molecule has 3 N–H and O–H groups in total. The molecule has 0 aliphatic rings. The molecule has 104 valence electrons. The highest BCUT2D eigenvalue weighted by Crippen LogP contribution is 2.40. The molecular formula is C14H12ClNO4. The van der Waals surface area contributed by atoms with Gasteiger partial charge in [0, 0.05) is 28.8 Å². The van der Waals surface area contributed by atoms with Crippen LogP contribution in [0, 0.1) is 0 Å². The van der Waals surface area contributed by atoms with Crippen molar-refractivity contribution in [3.63, 3.8) is 0 Å². The van der Waals surface area contributed by atoms with E-state index in [0.29, 0.717) is 22.6 Å². The number of rotatable bonds is 4. The number of hydrogen-bond donors (Lipinski definition) is 2. The molecule has 0 radical (unpaired) electrons. The van der Waals surface area contributed by atoms with Crippen LogP contribution in [0.4, 0.5) is 0 Å². The maximum atomic E-state index is 10.7. The molecule has 1 atom stereocenters. The second-order valence-corrected chi connectivity index (χ2v) is 4.97. The second-order valence-electron chi connectivity index (χ2n) is 4.59. The highest BCUT2D eigenvalue weighted by Gasteiger charge is 2.22. The van der Waals surface area contributed by atoms with Gasteiger partial charge < -0.3 is 19.7 Å². The first-order chi connectivity index (χ1) is 9.59. The third-order valence-electron chi connectivity index (χ3n) is 3.34. The van der Waals surface area contributed by atoms with Crippen LogP contribution in [-0.4, -0.2) is 11.1 Å². The Hall–Kier alpha value is -1.98. The van der Waals surface area contributed by atoms with Gasteiger partial charge in [-0.15, -0.1) is 0 Å². The molecule has 2 aromatic heterocycles. The van der Waals surface area contributed by atoms with Crippen LogP contribution in [0.2, 0.25) is 5.02 Å². The summed E-state index contributed by atoms with van der Waals surface area (Å²) in [6.45, 7) is 0. The van der Waals surface area contributed by atoms with E-state index < -0.39 is 12.0 Å². The number of benzene rings is 1. The van der Waals surface area contributed by atoms with Gasteiger partial charge in [-0.1, -0.05) is 11.6 Å². The molecule has 6 heteroatoms. The van der Waals surface area contributed by atoms with E-state index in [2.05, 4.69) is 0 Å². The quantitative estimate of drug-likeness (QED) is 0.765. The van der Waals surface area contributed by atoms with Crippen molar-refractivity contribution in [3.8, 4) is 0 Å². The van der Waals surface area contributed by atoms with Gasteiger partial charge in [-0.2, -0.15) is 0 Å². The molecule has 0 amide bonds. The Kier molecular flexibility index (Phi) is 3.16. The molecule has 0 saturated heterocycles. The van der Waals surface area contributed by atoms with E-state index in [-0.39, 0.29) is 6.42 Å². The molecule has 0 aliphatic heterocycles. The molecule has 2 heterocycles. The number of fused-ring (bicyclic) bond motifs is 2. The van der Waals surface area contributed by atoms with Gasteiger partial charge in [0.15, 0.2) is 5.58 Å². The molecule has 3 aromatic rings. The van der Waals surface area contributed by atoms with Crippen LogP contribution in [-0.2, 0) is 4.79 Å². The first-order valence-corrected chi connectivity index (χ1v) is 6.50. The van der Waals surface area contributed by atoms with E-state index >= 15 is 0 Å². The summed E-state index contributed by atoms with van der Waals surface area (Å²) in [5.74, 6) is -0.881. The fourth-order valence-corrected chi connectivity index (χ4v) is 2.71. The minimum atomic E-state index is -0.881. The average molecular weight is 294 g/mol. The Bertz CT molecular complexity index is 737. The van der Waals surface area contributed by atoms with Crippen molar-refractivity contribution < 1.29 is 18.7 Å². The van der Waals surface area contributed by atoms with Gasteiger partial charge >= 0.3 is 5.97 Å². The van der Waals surface area contributed by atoms with Crippen LogP contribution < -0.4 is 5.73 Å². The Morgan fingerprint density at radius 1 is 1.25 bits per heavy atom. The lowest BCUT2D eigenvalue weighted by Crippen LogP contribution is -2.13. The summed E-state index contributed by atoms with van der Waals surface area (Å²) >= 11 is 6.27. The molecular weight excluding hydrogens is 282 g/mol. The number of carboxylic acid groups (broad SMARTS) is 1. The molecule has 20 heavy (non-hydrogen) atoms. The lowest BCUT2D eigenvalue weighted by atomic mass is 9.97. The molecule has 0 bridgehead atoms. The minimum Gasteiger partial charge on any atom is -0.481 e. The normalized spacial score (nSPS) is 13.1. The average Bonchev–Trinajstić information content (AvgIpc) is 3.05. The zero-order valence-corrected chi connectivity index (χ0v) is 11.2. The van der Waals surface area contributed by atoms with Crippen LogP contribution in [0.3, 0.4) is 0 Å². The standard InChI is InChI=1S/C14H12ClNO4/c15-12-8-4-6-19-13(8)11(7-3-5-20-14(7)12)9(16)1-2-10(17)18/h3-6,9H,1-2,16H2,(H,17,18). The highest BCUT2D eigenvalue weighted by molar-refractivity contribution is 6.40. The second kappa shape index (κ2) is 4.85. The van der Waals surface area contributed by atoms with Crippen molar-refractivity contribution >= 4 is 39.5 Å².